The first-order chi connectivity index (χ1) is 6.15. The lowest BCUT2D eigenvalue weighted by Gasteiger charge is -1.92. The van der Waals surface area contributed by atoms with Crippen molar-refractivity contribution in [2.75, 3.05) is 5.75 Å². The van der Waals surface area contributed by atoms with Crippen LogP contribution in [0.1, 0.15) is 23.1 Å². The molecule has 0 aromatic carbocycles. The average molecular weight is 200 g/mol. The molecule has 0 saturated carbocycles. The standard InChI is InChI=1S/C8H12N2O2S/c1-3-13-5-6-4-7(8(11)12)10(2)9-6/h4H,3,5H2,1-2H3,(H,11,12). The molecule has 0 saturated heterocycles. The molecular weight excluding hydrogens is 188 g/mol. The molecule has 1 aromatic heterocycles. The molecule has 0 unspecified atom stereocenters. The van der Waals surface area contributed by atoms with Gasteiger partial charge in [-0.2, -0.15) is 16.9 Å². The lowest BCUT2D eigenvalue weighted by atomic mass is 10.4. The Labute approximate surface area is 80.9 Å². The molecule has 0 aliphatic rings. The molecule has 4 nitrogen and oxygen atoms in total. The molecule has 0 aliphatic heterocycles. The van der Waals surface area contributed by atoms with Crippen molar-refractivity contribution in [2.45, 2.75) is 12.7 Å². The lowest BCUT2D eigenvalue weighted by Crippen LogP contribution is -2.04. The highest BCUT2D eigenvalue weighted by Gasteiger charge is 2.10. The summed E-state index contributed by atoms with van der Waals surface area (Å²) < 4.78 is 1.40. The van der Waals surface area contributed by atoms with Gasteiger partial charge in [-0.15, -0.1) is 0 Å². The molecule has 0 radical (unpaired) electrons. The highest BCUT2D eigenvalue weighted by molar-refractivity contribution is 7.98. The fourth-order valence-corrected chi connectivity index (χ4v) is 1.56. The van der Waals surface area contributed by atoms with Crippen LogP contribution in [0.15, 0.2) is 6.07 Å². The van der Waals surface area contributed by atoms with Crippen LogP contribution in [0, 0.1) is 0 Å². The molecule has 13 heavy (non-hydrogen) atoms. The van der Waals surface area contributed by atoms with Gasteiger partial charge in [0.25, 0.3) is 0 Å². The first-order valence-electron chi connectivity index (χ1n) is 3.99. The van der Waals surface area contributed by atoms with Crippen molar-refractivity contribution in [3.05, 3.63) is 17.5 Å². The molecule has 0 aliphatic carbocycles. The maximum atomic E-state index is 10.6. The zero-order valence-corrected chi connectivity index (χ0v) is 8.47. The predicted molar refractivity (Wildman–Crippen MR) is 52.0 cm³/mol. The Hall–Kier alpha value is -0.970. The summed E-state index contributed by atoms with van der Waals surface area (Å²) >= 11 is 1.73. The number of aromatic nitrogens is 2. The van der Waals surface area contributed by atoms with E-state index in [4.69, 9.17) is 5.11 Å². The number of aryl methyl sites for hydroxylation is 1. The lowest BCUT2D eigenvalue weighted by molar-refractivity contribution is 0.0685. The number of carbonyl (C=O) groups is 1. The highest BCUT2D eigenvalue weighted by Crippen LogP contribution is 2.11. The fraction of sp³-hybridized carbons (Fsp3) is 0.500. The Balaban J connectivity index is 2.76. The molecule has 1 heterocycles. The van der Waals surface area contributed by atoms with E-state index in [0.717, 1.165) is 17.2 Å². The minimum Gasteiger partial charge on any atom is -0.477 e. The van der Waals surface area contributed by atoms with Crippen LogP contribution in [-0.4, -0.2) is 26.6 Å². The van der Waals surface area contributed by atoms with E-state index >= 15 is 0 Å². The largest absolute Gasteiger partial charge is 0.477 e. The Morgan fingerprint density at radius 3 is 2.92 bits per heavy atom. The van der Waals surface area contributed by atoms with Gasteiger partial charge in [-0.3, -0.25) is 4.68 Å². The van der Waals surface area contributed by atoms with Crippen LogP contribution in [0.2, 0.25) is 0 Å². The van der Waals surface area contributed by atoms with Crippen LogP contribution in [0.5, 0.6) is 0 Å². The monoisotopic (exact) mass is 200 g/mol. The zero-order valence-electron chi connectivity index (χ0n) is 7.65. The second-order valence-corrected chi connectivity index (χ2v) is 3.86. The number of hydrogen-bond acceptors (Lipinski definition) is 3. The topological polar surface area (TPSA) is 55.1 Å². The van der Waals surface area contributed by atoms with Crippen molar-refractivity contribution in [1.82, 2.24) is 9.78 Å². The summed E-state index contributed by atoms with van der Waals surface area (Å²) in [5.74, 6) is 0.860. The van der Waals surface area contributed by atoms with Crippen molar-refractivity contribution in [3.8, 4) is 0 Å². The molecule has 0 fully saturated rings. The third-order valence-electron chi connectivity index (χ3n) is 1.60. The molecule has 0 amide bonds. The summed E-state index contributed by atoms with van der Waals surface area (Å²) in [6, 6.07) is 1.62. The Morgan fingerprint density at radius 1 is 1.77 bits per heavy atom. The van der Waals surface area contributed by atoms with Gasteiger partial charge in [0.05, 0.1) is 5.69 Å². The molecule has 1 N–H and O–H groups in total. The van der Waals surface area contributed by atoms with E-state index in [0.29, 0.717) is 0 Å². The van der Waals surface area contributed by atoms with E-state index in [1.54, 1.807) is 24.9 Å². The van der Waals surface area contributed by atoms with E-state index in [1.165, 1.54) is 4.68 Å². The van der Waals surface area contributed by atoms with Crippen molar-refractivity contribution < 1.29 is 9.90 Å². The summed E-state index contributed by atoms with van der Waals surface area (Å²) in [5, 5.41) is 12.8. The van der Waals surface area contributed by atoms with Gasteiger partial charge in [-0.05, 0) is 11.8 Å². The van der Waals surface area contributed by atoms with Crippen LogP contribution in [0.25, 0.3) is 0 Å². The molecular formula is C8H12N2O2S. The van der Waals surface area contributed by atoms with Gasteiger partial charge in [-0.1, -0.05) is 6.92 Å². The number of rotatable bonds is 4. The second kappa shape index (κ2) is 4.32. The van der Waals surface area contributed by atoms with Crippen LogP contribution >= 0.6 is 11.8 Å². The first-order valence-corrected chi connectivity index (χ1v) is 5.14. The molecule has 0 bridgehead atoms. The molecule has 1 aromatic rings. The third-order valence-corrected chi connectivity index (χ3v) is 2.51. The van der Waals surface area contributed by atoms with Crippen LogP contribution < -0.4 is 0 Å². The van der Waals surface area contributed by atoms with Crippen LogP contribution in [0.4, 0.5) is 0 Å². The third kappa shape index (κ3) is 2.48. The Kier molecular flexibility index (Phi) is 3.36. The zero-order chi connectivity index (χ0) is 9.84. The molecule has 0 atom stereocenters. The quantitative estimate of drug-likeness (QED) is 0.797. The number of carboxylic acid groups (broad SMARTS) is 1. The molecule has 0 spiro atoms. The number of aromatic carboxylic acids is 1. The van der Waals surface area contributed by atoms with Gasteiger partial charge in [0.15, 0.2) is 0 Å². The average Bonchev–Trinajstić information content (AvgIpc) is 2.43. The normalized spacial score (nSPS) is 10.3. The molecule has 72 valence electrons. The van der Waals surface area contributed by atoms with Gasteiger partial charge in [-0.25, -0.2) is 4.79 Å². The van der Waals surface area contributed by atoms with Crippen LogP contribution in [0.3, 0.4) is 0 Å². The van der Waals surface area contributed by atoms with Crippen molar-refractivity contribution >= 4 is 17.7 Å². The summed E-state index contributed by atoms with van der Waals surface area (Å²) in [4.78, 5) is 10.6. The smallest absolute Gasteiger partial charge is 0.354 e. The summed E-state index contributed by atoms with van der Waals surface area (Å²) in [7, 11) is 1.64. The molecule has 5 heteroatoms. The summed E-state index contributed by atoms with van der Waals surface area (Å²) in [6.45, 7) is 2.06. The van der Waals surface area contributed by atoms with Crippen molar-refractivity contribution in [1.29, 1.82) is 0 Å². The van der Waals surface area contributed by atoms with Gasteiger partial charge < -0.3 is 5.11 Å². The van der Waals surface area contributed by atoms with Crippen molar-refractivity contribution in [2.24, 2.45) is 7.05 Å². The van der Waals surface area contributed by atoms with E-state index in [1.807, 2.05) is 0 Å². The van der Waals surface area contributed by atoms with E-state index in [9.17, 15) is 4.79 Å². The summed E-state index contributed by atoms with van der Waals surface area (Å²) in [6.07, 6.45) is 0. The first kappa shape index (κ1) is 10.1. The number of nitrogens with zero attached hydrogens (tertiary/aromatic N) is 2. The predicted octanol–water partition coefficient (Wildman–Crippen LogP) is 1.37. The maximum Gasteiger partial charge on any atom is 0.354 e. The minimum absolute atomic E-state index is 0.242. The maximum absolute atomic E-state index is 10.6. The van der Waals surface area contributed by atoms with Crippen LogP contribution in [-0.2, 0) is 12.8 Å². The minimum atomic E-state index is -0.928. The van der Waals surface area contributed by atoms with Gasteiger partial charge in [0.2, 0.25) is 0 Å². The second-order valence-electron chi connectivity index (χ2n) is 2.59. The van der Waals surface area contributed by atoms with Crippen molar-refractivity contribution in [3.63, 3.8) is 0 Å². The SMILES string of the molecule is CCSCc1cc(C(=O)O)n(C)n1. The Bertz CT molecular complexity index is 309. The van der Waals surface area contributed by atoms with E-state index in [-0.39, 0.29) is 5.69 Å². The highest BCUT2D eigenvalue weighted by atomic mass is 32.2. The van der Waals surface area contributed by atoms with E-state index in [2.05, 4.69) is 12.0 Å². The number of carboxylic acids is 1. The summed E-state index contributed by atoms with van der Waals surface area (Å²) in [5.41, 5.74) is 1.07. The number of hydrogen-bond donors (Lipinski definition) is 1. The number of thioether (sulfide) groups is 1. The van der Waals surface area contributed by atoms with Gasteiger partial charge in [0, 0.05) is 12.8 Å². The van der Waals surface area contributed by atoms with Gasteiger partial charge >= 0.3 is 5.97 Å². The molecule has 1 rings (SSSR count). The van der Waals surface area contributed by atoms with E-state index < -0.39 is 5.97 Å². The van der Waals surface area contributed by atoms with Gasteiger partial charge in [0.1, 0.15) is 5.69 Å². The fourth-order valence-electron chi connectivity index (χ4n) is 1.00. The Morgan fingerprint density at radius 2 is 2.46 bits per heavy atom.